The largest absolute Gasteiger partial charge is 0.494 e. The van der Waals surface area contributed by atoms with E-state index in [-0.39, 0.29) is 6.61 Å². The van der Waals surface area contributed by atoms with Gasteiger partial charge < -0.3 is 9.84 Å². The predicted molar refractivity (Wildman–Crippen MR) is 104 cm³/mol. The lowest BCUT2D eigenvalue weighted by Gasteiger charge is -2.18. The highest BCUT2D eigenvalue weighted by molar-refractivity contribution is 5.29. The Kier molecular flexibility index (Phi) is 10.2. The summed E-state index contributed by atoms with van der Waals surface area (Å²) >= 11 is 0. The van der Waals surface area contributed by atoms with E-state index in [9.17, 15) is 0 Å². The third-order valence-corrected chi connectivity index (χ3v) is 4.17. The number of benzene rings is 1. The van der Waals surface area contributed by atoms with Crippen LogP contribution in [0.4, 0.5) is 0 Å². The van der Waals surface area contributed by atoms with Crippen molar-refractivity contribution in [3.8, 4) is 5.75 Å². The minimum Gasteiger partial charge on any atom is -0.494 e. The van der Waals surface area contributed by atoms with E-state index in [1.807, 2.05) is 13.0 Å². The summed E-state index contributed by atoms with van der Waals surface area (Å²) in [7, 11) is 0. The number of hydrogen-bond acceptors (Lipinski definition) is 2. The summed E-state index contributed by atoms with van der Waals surface area (Å²) in [6.07, 6.45) is 10.8. The summed E-state index contributed by atoms with van der Waals surface area (Å²) in [5.74, 6) is 2.43. The van der Waals surface area contributed by atoms with Crippen molar-refractivity contribution in [1.29, 1.82) is 0 Å². The van der Waals surface area contributed by atoms with Crippen molar-refractivity contribution in [2.45, 2.75) is 59.3 Å². The standard InChI is InChI=1S/C15H24O.C7H10O/c1-5-13(11-12(3)4)14-7-9-15(10-8-14)16-6-2;8-6-7-4-2-1-3-5-7/h7-10,12-13H,5-6,11H2,1-4H3;2,4-5,8H,1,3,6H2. The molecule has 0 aliphatic heterocycles. The second kappa shape index (κ2) is 11.9. The zero-order chi connectivity index (χ0) is 17.8. The first-order valence-electron chi connectivity index (χ1n) is 9.29. The van der Waals surface area contributed by atoms with E-state index in [0.29, 0.717) is 5.92 Å². The molecular weight excluding hydrogens is 296 g/mol. The van der Waals surface area contributed by atoms with Crippen LogP contribution in [0.2, 0.25) is 0 Å². The average Bonchev–Trinajstić information content (AvgIpc) is 2.62. The molecule has 1 aliphatic carbocycles. The van der Waals surface area contributed by atoms with E-state index in [1.54, 1.807) is 0 Å². The Morgan fingerprint density at radius 3 is 2.21 bits per heavy atom. The van der Waals surface area contributed by atoms with Crippen molar-refractivity contribution in [3.05, 3.63) is 53.6 Å². The van der Waals surface area contributed by atoms with Crippen molar-refractivity contribution >= 4 is 0 Å². The van der Waals surface area contributed by atoms with Crippen molar-refractivity contribution in [2.24, 2.45) is 5.92 Å². The van der Waals surface area contributed by atoms with Gasteiger partial charge in [0.15, 0.2) is 0 Å². The van der Waals surface area contributed by atoms with Crippen LogP contribution in [-0.4, -0.2) is 18.3 Å². The minimum atomic E-state index is 0.191. The highest BCUT2D eigenvalue weighted by Crippen LogP contribution is 2.28. The van der Waals surface area contributed by atoms with Gasteiger partial charge in [-0.05, 0) is 67.7 Å². The van der Waals surface area contributed by atoms with Crippen molar-refractivity contribution in [3.63, 3.8) is 0 Å². The molecule has 0 bridgehead atoms. The Morgan fingerprint density at radius 2 is 1.79 bits per heavy atom. The fourth-order valence-electron chi connectivity index (χ4n) is 2.90. The van der Waals surface area contributed by atoms with Gasteiger partial charge in [-0.25, -0.2) is 0 Å². The first kappa shape index (κ1) is 20.5. The summed E-state index contributed by atoms with van der Waals surface area (Å²) in [5.41, 5.74) is 2.50. The molecule has 0 radical (unpaired) electrons. The Labute approximate surface area is 148 Å². The smallest absolute Gasteiger partial charge is 0.119 e. The van der Waals surface area contributed by atoms with E-state index in [1.165, 1.54) is 18.4 Å². The Hall–Kier alpha value is -1.54. The molecule has 0 amide bonds. The molecule has 0 fully saturated rings. The second-order valence-electron chi connectivity index (χ2n) is 6.65. The molecule has 2 nitrogen and oxygen atoms in total. The zero-order valence-electron chi connectivity index (χ0n) is 15.8. The van der Waals surface area contributed by atoms with Gasteiger partial charge in [-0.2, -0.15) is 0 Å². The van der Waals surface area contributed by atoms with E-state index < -0.39 is 0 Å². The molecule has 2 rings (SSSR count). The van der Waals surface area contributed by atoms with Crippen LogP contribution in [0.3, 0.4) is 0 Å². The molecule has 1 unspecified atom stereocenters. The van der Waals surface area contributed by atoms with Gasteiger partial charge >= 0.3 is 0 Å². The molecule has 1 aromatic carbocycles. The first-order chi connectivity index (χ1) is 11.6. The van der Waals surface area contributed by atoms with Gasteiger partial charge in [0, 0.05) is 0 Å². The van der Waals surface area contributed by atoms with Crippen molar-refractivity contribution in [2.75, 3.05) is 13.2 Å². The molecular formula is C22H34O2. The van der Waals surface area contributed by atoms with Crippen LogP contribution in [0.15, 0.2) is 48.1 Å². The van der Waals surface area contributed by atoms with Crippen LogP contribution >= 0.6 is 0 Å². The summed E-state index contributed by atoms with van der Waals surface area (Å²) in [4.78, 5) is 0. The number of aliphatic hydroxyl groups excluding tert-OH is 1. The van der Waals surface area contributed by atoms with Crippen LogP contribution in [-0.2, 0) is 0 Å². The van der Waals surface area contributed by atoms with Crippen molar-refractivity contribution < 1.29 is 9.84 Å². The highest BCUT2D eigenvalue weighted by Gasteiger charge is 2.11. The Bertz CT molecular complexity index is 497. The molecule has 134 valence electrons. The normalized spacial score (nSPS) is 14.7. The number of allylic oxidation sites excluding steroid dienone is 2. The molecule has 1 atom stereocenters. The lowest BCUT2D eigenvalue weighted by Crippen LogP contribution is -2.02. The lowest BCUT2D eigenvalue weighted by molar-refractivity contribution is 0.334. The molecule has 0 saturated carbocycles. The zero-order valence-corrected chi connectivity index (χ0v) is 15.8. The number of hydrogen-bond donors (Lipinski definition) is 1. The molecule has 0 spiro atoms. The van der Waals surface area contributed by atoms with Gasteiger partial charge in [0.2, 0.25) is 0 Å². The van der Waals surface area contributed by atoms with E-state index >= 15 is 0 Å². The molecule has 0 saturated heterocycles. The van der Waals surface area contributed by atoms with Crippen LogP contribution < -0.4 is 4.74 Å². The van der Waals surface area contributed by atoms with E-state index in [4.69, 9.17) is 9.84 Å². The quantitative estimate of drug-likeness (QED) is 0.676. The third kappa shape index (κ3) is 7.83. The SMILES string of the molecule is CCOc1ccc(C(CC)CC(C)C)cc1.OCC1=CCCC=C1. The van der Waals surface area contributed by atoms with Crippen LogP contribution in [0.5, 0.6) is 5.75 Å². The first-order valence-corrected chi connectivity index (χ1v) is 9.29. The van der Waals surface area contributed by atoms with Crippen LogP contribution in [0.25, 0.3) is 0 Å². The molecule has 1 aromatic rings. The fourth-order valence-corrected chi connectivity index (χ4v) is 2.90. The third-order valence-electron chi connectivity index (χ3n) is 4.17. The number of rotatable bonds is 7. The Morgan fingerprint density at radius 1 is 1.08 bits per heavy atom. The van der Waals surface area contributed by atoms with Gasteiger partial charge in [0.05, 0.1) is 13.2 Å². The summed E-state index contributed by atoms with van der Waals surface area (Å²) in [5, 5.41) is 8.57. The number of aliphatic hydroxyl groups is 1. The van der Waals surface area contributed by atoms with Gasteiger partial charge in [-0.15, -0.1) is 0 Å². The molecule has 24 heavy (non-hydrogen) atoms. The van der Waals surface area contributed by atoms with Gasteiger partial charge in [0.1, 0.15) is 5.75 Å². The van der Waals surface area contributed by atoms with Gasteiger partial charge in [-0.3, -0.25) is 0 Å². The lowest BCUT2D eigenvalue weighted by atomic mass is 9.88. The predicted octanol–water partition coefficient (Wildman–Crippen LogP) is 5.88. The molecule has 1 N–H and O–H groups in total. The fraction of sp³-hybridized carbons (Fsp3) is 0.545. The second-order valence-corrected chi connectivity index (χ2v) is 6.65. The number of ether oxygens (including phenoxy) is 1. The summed E-state index contributed by atoms with van der Waals surface area (Å²) in [6, 6.07) is 8.59. The average molecular weight is 331 g/mol. The topological polar surface area (TPSA) is 29.5 Å². The molecule has 1 aliphatic rings. The van der Waals surface area contributed by atoms with Crippen LogP contribution in [0.1, 0.15) is 64.9 Å². The molecule has 0 aromatic heterocycles. The molecule has 2 heteroatoms. The summed E-state index contributed by atoms with van der Waals surface area (Å²) in [6.45, 7) is 9.79. The van der Waals surface area contributed by atoms with E-state index in [2.05, 4.69) is 57.2 Å². The maximum absolute atomic E-state index is 8.57. The van der Waals surface area contributed by atoms with Crippen LogP contribution in [0, 0.1) is 5.92 Å². The minimum absolute atomic E-state index is 0.191. The highest BCUT2D eigenvalue weighted by atomic mass is 16.5. The van der Waals surface area contributed by atoms with Gasteiger partial charge in [0.25, 0.3) is 0 Å². The van der Waals surface area contributed by atoms with Crippen molar-refractivity contribution in [1.82, 2.24) is 0 Å². The maximum Gasteiger partial charge on any atom is 0.119 e. The maximum atomic E-state index is 8.57. The van der Waals surface area contributed by atoms with Gasteiger partial charge in [-0.1, -0.05) is 51.1 Å². The van der Waals surface area contributed by atoms with E-state index in [0.717, 1.165) is 36.7 Å². The monoisotopic (exact) mass is 330 g/mol. The molecule has 0 heterocycles. The Balaban J connectivity index is 0.000000300. The summed E-state index contributed by atoms with van der Waals surface area (Å²) < 4.78 is 5.46.